The number of hydrogen-bond acceptors (Lipinski definition) is 4. The lowest BCUT2D eigenvalue weighted by Gasteiger charge is -2.00. The van der Waals surface area contributed by atoms with Gasteiger partial charge in [-0.15, -0.1) is 0 Å². The predicted octanol–water partition coefficient (Wildman–Crippen LogP) is 0.669. The summed E-state index contributed by atoms with van der Waals surface area (Å²) in [4.78, 5) is 21.6. The molecule has 0 atom stereocenters. The van der Waals surface area contributed by atoms with Crippen LogP contribution in [0.4, 0.5) is 0 Å². The normalized spacial score (nSPS) is 10.8. The second-order valence-electron chi connectivity index (χ2n) is 2.04. The van der Waals surface area contributed by atoms with Gasteiger partial charge in [0.05, 0.1) is 14.2 Å². The maximum Gasteiger partial charge on any atom is 0.333 e. The van der Waals surface area contributed by atoms with Crippen LogP contribution in [0.15, 0.2) is 11.6 Å². The Morgan fingerprint density at radius 1 is 1.25 bits per heavy atom. The van der Waals surface area contributed by atoms with Crippen molar-refractivity contribution in [3.05, 3.63) is 11.6 Å². The van der Waals surface area contributed by atoms with Gasteiger partial charge in [0.25, 0.3) is 0 Å². The molecule has 0 aromatic heterocycles. The number of carbonyl (C=O) groups excluding carboxylic acids is 2. The molecule has 0 aliphatic rings. The van der Waals surface area contributed by atoms with Crippen molar-refractivity contribution in [1.82, 2.24) is 0 Å². The Morgan fingerprint density at radius 3 is 2.17 bits per heavy atom. The molecular weight excluding hydrogens is 160 g/mol. The van der Waals surface area contributed by atoms with Crippen LogP contribution < -0.4 is 0 Å². The Morgan fingerprint density at radius 2 is 1.83 bits per heavy atom. The van der Waals surface area contributed by atoms with Crippen LogP contribution in [-0.4, -0.2) is 26.2 Å². The number of methoxy groups -OCH3 is 2. The molecule has 0 N–H and O–H groups in total. The van der Waals surface area contributed by atoms with Crippen LogP contribution in [0.3, 0.4) is 0 Å². The number of carbonyl (C=O) groups is 2. The Bertz CT molecular complexity index is 205. The Labute approximate surface area is 71.2 Å². The van der Waals surface area contributed by atoms with Gasteiger partial charge in [-0.2, -0.15) is 0 Å². The third-order valence-corrected chi connectivity index (χ3v) is 1.32. The fraction of sp³-hybridized carbons (Fsp3) is 0.500. The molecule has 0 fully saturated rings. The molecule has 0 aliphatic heterocycles. The van der Waals surface area contributed by atoms with Gasteiger partial charge in [-0.05, 0) is 6.42 Å². The highest BCUT2D eigenvalue weighted by Gasteiger charge is 2.08. The monoisotopic (exact) mass is 172 g/mol. The van der Waals surface area contributed by atoms with Gasteiger partial charge < -0.3 is 9.47 Å². The molecule has 68 valence electrons. The first kappa shape index (κ1) is 10.7. The van der Waals surface area contributed by atoms with E-state index in [-0.39, 0.29) is 0 Å². The zero-order valence-electron chi connectivity index (χ0n) is 7.42. The molecule has 0 spiro atoms. The predicted molar refractivity (Wildman–Crippen MR) is 42.4 cm³/mol. The molecule has 12 heavy (non-hydrogen) atoms. The number of ether oxygens (including phenoxy) is 2. The largest absolute Gasteiger partial charge is 0.466 e. The molecular formula is C8H12O4. The maximum atomic E-state index is 10.9. The average molecular weight is 172 g/mol. The van der Waals surface area contributed by atoms with E-state index in [2.05, 4.69) is 9.47 Å². The molecule has 4 heteroatoms. The van der Waals surface area contributed by atoms with Crippen molar-refractivity contribution in [1.29, 1.82) is 0 Å². The van der Waals surface area contributed by atoms with E-state index >= 15 is 0 Å². The minimum absolute atomic E-state index is 0.310. The van der Waals surface area contributed by atoms with Crippen molar-refractivity contribution in [3.8, 4) is 0 Å². The second kappa shape index (κ2) is 5.35. The van der Waals surface area contributed by atoms with Crippen molar-refractivity contribution < 1.29 is 19.1 Å². The van der Waals surface area contributed by atoms with Gasteiger partial charge in [-0.25, -0.2) is 9.59 Å². The Kier molecular flexibility index (Phi) is 4.76. The highest BCUT2D eigenvalue weighted by atomic mass is 16.5. The highest BCUT2D eigenvalue weighted by molar-refractivity contribution is 5.96. The van der Waals surface area contributed by atoms with E-state index in [0.29, 0.717) is 12.0 Å². The van der Waals surface area contributed by atoms with E-state index in [0.717, 1.165) is 6.08 Å². The lowest BCUT2D eigenvalue weighted by molar-refractivity contribution is -0.138. The summed E-state index contributed by atoms with van der Waals surface area (Å²) in [6.07, 6.45) is 1.58. The summed E-state index contributed by atoms with van der Waals surface area (Å²) in [6, 6.07) is 0. The van der Waals surface area contributed by atoms with Gasteiger partial charge in [0.2, 0.25) is 0 Å². The summed E-state index contributed by atoms with van der Waals surface area (Å²) in [7, 11) is 2.52. The van der Waals surface area contributed by atoms with Crippen molar-refractivity contribution in [2.75, 3.05) is 14.2 Å². The maximum absolute atomic E-state index is 10.9. The standard InChI is InChI=1S/C8H12O4/c1-4-6(8(10)12-3)5-7(9)11-2/h5H,4H2,1-3H3/b6-5+. The lowest BCUT2D eigenvalue weighted by atomic mass is 10.2. The van der Waals surface area contributed by atoms with Crippen molar-refractivity contribution in [2.45, 2.75) is 13.3 Å². The summed E-state index contributed by atoms with van der Waals surface area (Å²) in [5.74, 6) is -1.04. The second-order valence-corrected chi connectivity index (χ2v) is 2.04. The van der Waals surface area contributed by atoms with Crippen LogP contribution >= 0.6 is 0 Å². The molecule has 0 bridgehead atoms. The first-order valence-corrected chi connectivity index (χ1v) is 3.52. The minimum Gasteiger partial charge on any atom is -0.466 e. The SMILES string of the molecule is CC/C(=C\C(=O)OC)C(=O)OC. The molecule has 0 aromatic rings. The zero-order chi connectivity index (χ0) is 9.56. The van der Waals surface area contributed by atoms with Crippen LogP contribution in [0.2, 0.25) is 0 Å². The van der Waals surface area contributed by atoms with Gasteiger partial charge in [0.15, 0.2) is 0 Å². The molecule has 0 heterocycles. The van der Waals surface area contributed by atoms with Crippen LogP contribution in [0.1, 0.15) is 13.3 Å². The fourth-order valence-electron chi connectivity index (χ4n) is 0.638. The first-order valence-electron chi connectivity index (χ1n) is 3.52. The zero-order valence-corrected chi connectivity index (χ0v) is 7.42. The van der Waals surface area contributed by atoms with Gasteiger partial charge in [-0.3, -0.25) is 0 Å². The summed E-state index contributed by atoms with van der Waals surface area (Å²) in [5.41, 5.74) is 0.310. The van der Waals surface area contributed by atoms with E-state index in [1.54, 1.807) is 6.92 Å². The van der Waals surface area contributed by atoms with Crippen molar-refractivity contribution >= 4 is 11.9 Å². The first-order chi connectivity index (χ1) is 5.65. The molecule has 0 rings (SSSR count). The van der Waals surface area contributed by atoms with Gasteiger partial charge in [0.1, 0.15) is 0 Å². The van der Waals surface area contributed by atoms with E-state index in [1.807, 2.05) is 0 Å². The lowest BCUT2D eigenvalue weighted by Crippen LogP contribution is -2.07. The smallest absolute Gasteiger partial charge is 0.333 e. The molecule has 0 radical (unpaired) electrons. The van der Waals surface area contributed by atoms with Crippen LogP contribution in [0.5, 0.6) is 0 Å². The van der Waals surface area contributed by atoms with Crippen molar-refractivity contribution in [2.24, 2.45) is 0 Å². The topological polar surface area (TPSA) is 52.6 Å². The molecule has 0 amide bonds. The van der Waals surface area contributed by atoms with Gasteiger partial charge >= 0.3 is 11.9 Å². The van der Waals surface area contributed by atoms with E-state index in [4.69, 9.17) is 0 Å². The molecule has 0 unspecified atom stereocenters. The molecule has 0 saturated carbocycles. The summed E-state index contributed by atoms with van der Waals surface area (Å²) < 4.78 is 8.79. The Hall–Kier alpha value is -1.32. The van der Waals surface area contributed by atoms with Crippen LogP contribution in [0.25, 0.3) is 0 Å². The van der Waals surface area contributed by atoms with Crippen molar-refractivity contribution in [3.63, 3.8) is 0 Å². The summed E-state index contributed by atoms with van der Waals surface area (Å²) in [6.45, 7) is 1.76. The third-order valence-electron chi connectivity index (χ3n) is 1.32. The quantitative estimate of drug-likeness (QED) is 0.463. The third kappa shape index (κ3) is 3.18. The Balaban J connectivity index is 4.43. The molecule has 0 aliphatic carbocycles. The highest BCUT2D eigenvalue weighted by Crippen LogP contribution is 2.02. The van der Waals surface area contributed by atoms with E-state index in [1.165, 1.54) is 14.2 Å². The number of esters is 2. The van der Waals surface area contributed by atoms with Gasteiger partial charge in [-0.1, -0.05) is 6.92 Å². The molecule has 4 nitrogen and oxygen atoms in total. The van der Waals surface area contributed by atoms with Gasteiger partial charge in [0, 0.05) is 11.6 Å². The summed E-state index contributed by atoms with van der Waals surface area (Å²) in [5, 5.41) is 0. The van der Waals surface area contributed by atoms with Crippen LogP contribution in [0, 0.1) is 0 Å². The van der Waals surface area contributed by atoms with E-state index < -0.39 is 11.9 Å². The average Bonchev–Trinajstić information content (AvgIpc) is 2.12. The minimum atomic E-state index is -0.544. The molecule has 0 aromatic carbocycles. The fourth-order valence-corrected chi connectivity index (χ4v) is 0.638. The molecule has 0 saturated heterocycles. The van der Waals surface area contributed by atoms with E-state index in [9.17, 15) is 9.59 Å². The number of hydrogen-bond donors (Lipinski definition) is 0. The van der Waals surface area contributed by atoms with Crippen LogP contribution in [-0.2, 0) is 19.1 Å². The number of rotatable bonds is 3. The summed E-state index contributed by atoms with van der Waals surface area (Å²) >= 11 is 0.